The van der Waals surface area contributed by atoms with Crippen molar-refractivity contribution in [1.82, 2.24) is 4.57 Å². The number of rotatable bonds is 0. The fraction of sp³-hybridized carbons (Fsp3) is 0.273. The van der Waals surface area contributed by atoms with Gasteiger partial charge in [-0.15, -0.1) is 0 Å². The number of nitrogens with zero attached hydrogens (tertiary/aromatic N) is 1. The molecule has 0 spiro atoms. The second-order valence-corrected chi connectivity index (χ2v) is 3.48. The van der Waals surface area contributed by atoms with E-state index in [4.69, 9.17) is 9.47 Å². The zero-order valence-electron chi connectivity index (χ0n) is 7.99. The van der Waals surface area contributed by atoms with Gasteiger partial charge >= 0.3 is 0 Å². The molecule has 0 saturated carbocycles. The summed E-state index contributed by atoms with van der Waals surface area (Å²) >= 11 is 0. The normalized spacial score (nSPS) is 14.6. The first-order valence-corrected chi connectivity index (χ1v) is 4.69. The molecule has 3 rings (SSSR count). The van der Waals surface area contributed by atoms with Crippen molar-refractivity contribution in [3.8, 4) is 11.5 Å². The zero-order valence-corrected chi connectivity index (χ0v) is 7.99. The fourth-order valence-electron chi connectivity index (χ4n) is 1.81. The fourth-order valence-corrected chi connectivity index (χ4v) is 1.81. The highest BCUT2D eigenvalue weighted by atomic mass is 16.6. The van der Waals surface area contributed by atoms with E-state index in [9.17, 15) is 0 Å². The molecule has 3 nitrogen and oxygen atoms in total. The van der Waals surface area contributed by atoms with Gasteiger partial charge in [-0.2, -0.15) is 0 Å². The Balaban J connectivity index is 2.29. The van der Waals surface area contributed by atoms with Crippen molar-refractivity contribution in [3.63, 3.8) is 0 Å². The lowest BCUT2D eigenvalue weighted by Crippen LogP contribution is -2.15. The summed E-state index contributed by atoms with van der Waals surface area (Å²) in [5, 5.41) is 1.19. The summed E-state index contributed by atoms with van der Waals surface area (Å²) in [7, 11) is 2.03. The molecule has 1 aromatic heterocycles. The van der Waals surface area contributed by atoms with E-state index in [0.717, 1.165) is 11.5 Å². The quantitative estimate of drug-likeness (QED) is 0.632. The Morgan fingerprint density at radius 1 is 1.14 bits per heavy atom. The Morgan fingerprint density at radius 3 is 2.64 bits per heavy atom. The molecule has 0 atom stereocenters. The highest BCUT2D eigenvalue weighted by Crippen LogP contribution is 2.34. The molecular formula is C11H11NO2. The number of hydrogen-bond donors (Lipinski definition) is 0. The number of benzene rings is 1. The maximum absolute atomic E-state index is 5.52. The average molecular weight is 189 g/mol. The SMILES string of the molecule is Cn1ccc2cc3c(cc21)OCCO3. The number of ether oxygens (including phenoxy) is 2. The van der Waals surface area contributed by atoms with Crippen molar-refractivity contribution < 1.29 is 9.47 Å². The minimum absolute atomic E-state index is 0.642. The Kier molecular flexibility index (Phi) is 1.48. The van der Waals surface area contributed by atoms with E-state index in [2.05, 4.69) is 10.6 Å². The standard InChI is InChI=1S/C11H11NO2/c1-12-3-2-8-6-10-11(7-9(8)12)14-5-4-13-10/h2-3,6-7H,4-5H2,1H3. The van der Waals surface area contributed by atoms with Crippen LogP contribution in [0.2, 0.25) is 0 Å². The molecule has 0 unspecified atom stereocenters. The predicted octanol–water partition coefficient (Wildman–Crippen LogP) is 1.95. The molecular weight excluding hydrogens is 178 g/mol. The molecule has 2 heterocycles. The monoisotopic (exact) mass is 189 g/mol. The van der Waals surface area contributed by atoms with E-state index in [1.807, 2.05) is 25.4 Å². The van der Waals surface area contributed by atoms with Gasteiger partial charge in [0.15, 0.2) is 11.5 Å². The van der Waals surface area contributed by atoms with Gasteiger partial charge in [-0.1, -0.05) is 0 Å². The van der Waals surface area contributed by atoms with Crippen molar-refractivity contribution in [3.05, 3.63) is 24.4 Å². The molecule has 0 amide bonds. The van der Waals surface area contributed by atoms with Gasteiger partial charge in [-0.05, 0) is 12.1 Å². The van der Waals surface area contributed by atoms with Gasteiger partial charge in [0, 0.05) is 24.7 Å². The summed E-state index contributed by atoms with van der Waals surface area (Å²) in [6.45, 7) is 1.29. The second-order valence-electron chi connectivity index (χ2n) is 3.48. The Morgan fingerprint density at radius 2 is 1.86 bits per heavy atom. The number of hydrogen-bond acceptors (Lipinski definition) is 2. The van der Waals surface area contributed by atoms with E-state index < -0.39 is 0 Å². The summed E-state index contributed by atoms with van der Waals surface area (Å²) < 4.78 is 13.1. The smallest absolute Gasteiger partial charge is 0.163 e. The molecule has 14 heavy (non-hydrogen) atoms. The molecule has 1 aliphatic rings. The minimum atomic E-state index is 0.642. The van der Waals surface area contributed by atoms with E-state index in [1.54, 1.807) is 0 Å². The average Bonchev–Trinajstić information content (AvgIpc) is 2.57. The van der Waals surface area contributed by atoms with Crippen LogP contribution in [-0.2, 0) is 7.05 Å². The van der Waals surface area contributed by atoms with E-state index in [0.29, 0.717) is 13.2 Å². The number of aromatic nitrogens is 1. The lowest BCUT2D eigenvalue weighted by atomic mass is 10.2. The summed E-state index contributed by atoms with van der Waals surface area (Å²) in [6, 6.07) is 6.14. The van der Waals surface area contributed by atoms with Gasteiger partial charge in [0.05, 0.1) is 5.52 Å². The van der Waals surface area contributed by atoms with Crippen molar-refractivity contribution in [2.24, 2.45) is 7.05 Å². The van der Waals surface area contributed by atoms with Crippen molar-refractivity contribution >= 4 is 10.9 Å². The molecule has 1 aliphatic heterocycles. The van der Waals surface area contributed by atoms with Crippen molar-refractivity contribution in [2.75, 3.05) is 13.2 Å². The molecule has 0 saturated heterocycles. The van der Waals surface area contributed by atoms with Crippen LogP contribution in [0, 0.1) is 0 Å². The molecule has 0 aliphatic carbocycles. The molecule has 0 fully saturated rings. The Bertz CT molecular complexity index is 487. The van der Waals surface area contributed by atoms with Gasteiger partial charge in [0.25, 0.3) is 0 Å². The minimum Gasteiger partial charge on any atom is -0.486 e. The Labute approximate surface area is 81.8 Å². The third kappa shape index (κ3) is 0.985. The predicted molar refractivity (Wildman–Crippen MR) is 53.9 cm³/mol. The highest BCUT2D eigenvalue weighted by molar-refractivity contribution is 5.84. The molecule has 0 bridgehead atoms. The largest absolute Gasteiger partial charge is 0.486 e. The molecule has 0 radical (unpaired) electrons. The van der Waals surface area contributed by atoms with Crippen LogP contribution < -0.4 is 9.47 Å². The first-order valence-electron chi connectivity index (χ1n) is 4.69. The zero-order chi connectivity index (χ0) is 9.54. The van der Waals surface area contributed by atoms with Crippen LogP contribution in [0.1, 0.15) is 0 Å². The van der Waals surface area contributed by atoms with Gasteiger partial charge in [0.2, 0.25) is 0 Å². The summed E-state index contributed by atoms with van der Waals surface area (Å²) in [5.74, 6) is 1.71. The number of aryl methyl sites for hydroxylation is 1. The lowest BCUT2D eigenvalue weighted by molar-refractivity contribution is 0.172. The van der Waals surface area contributed by atoms with Crippen LogP contribution in [0.15, 0.2) is 24.4 Å². The van der Waals surface area contributed by atoms with Gasteiger partial charge in [0.1, 0.15) is 13.2 Å². The first-order chi connectivity index (χ1) is 6.84. The third-order valence-corrected chi connectivity index (χ3v) is 2.55. The molecule has 3 heteroatoms. The molecule has 0 N–H and O–H groups in total. The van der Waals surface area contributed by atoms with Crippen molar-refractivity contribution in [1.29, 1.82) is 0 Å². The third-order valence-electron chi connectivity index (χ3n) is 2.55. The maximum atomic E-state index is 5.52. The van der Waals surface area contributed by atoms with Gasteiger partial charge in [-0.25, -0.2) is 0 Å². The van der Waals surface area contributed by atoms with E-state index in [1.165, 1.54) is 10.9 Å². The summed E-state index contributed by atoms with van der Waals surface area (Å²) in [5.41, 5.74) is 1.18. The van der Waals surface area contributed by atoms with Gasteiger partial charge < -0.3 is 14.0 Å². The van der Waals surface area contributed by atoms with Crippen molar-refractivity contribution in [2.45, 2.75) is 0 Å². The van der Waals surface area contributed by atoms with Gasteiger partial charge in [-0.3, -0.25) is 0 Å². The Hall–Kier alpha value is -1.64. The van der Waals surface area contributed by atoms with Crippen LogP contribution in [0.5, 0.6) is 11.5 Å². The topological polar surface area (TPSA) is 23.4 Å². The summed E-state index contributed by atoms with van der Waals surface area (Å²) in [6.07, 6.45) is 2.04. The molecule has 72 valence electrons. The van der Waals surface area contributed by atoms with Crippen LogP contribution in [0.3, 0.4) is 0 Å². The molecule has 1 aromatic carbocycles. The van der Waals surface area contributed by atoms with E-state index >= 15 is 0 Å². The maximum Gasteiger partial charge on any atom is 0.163 e. The van der Waals surface area contributed by atoms with Crippen LogP contribution >= 0.6 is 0 Å². The van der Waals surface area contributed by atoms with E-state index in [-0.39, 0.29) is 0 Å². The molecule has 2 aromatic rings. The second kappa shape index (κ2) is 2.67. The lowest BCUT2D eigenvalue weighted by Gasteiger charge is -2.18. The highest BCUT2D eigenvalue weighted by Gasteiger charge is 2.13. The van der Waals surface area contributed by atoms with Crippen LogP contribution in [-0.4, -0.2) is 17.8 Å². The van der Waals surface area contributed by atoms with Crippen LogP contribution in [0.4, 0.5) is 0 Å². The van der Waals surface area contributed by atoms with Crippen LogP contribution in [0.25, 0.3) is 10.9 Å². The first kappa shape index (κ1) is 7.74. The number of fused-ring (bicyclic) bond motifs is 2. The summed E-state index contributed by atoms with van der Waals surface area (Å²) in [4.78, 5) is 0.